The quantitative estimate of drug-likeness (QED) is 0.603. The van der Waals surface area contributed by atoms with Crippen molar-refractivity contribution in [1.82, 2.24) is 4.90 Å². The van der Waals surface area contributed by atoms with Gasteiger partial charge in [0.15, 0.2) is 0 Å². The van der Waals surface area contributed by atoms with Crippen LogP contribution in [0.4, 0.5) is 5.69 Å². The Morgan fingerprint density at radius 1 is 1.55 bits per heavy atom. The van der Waals surface area contributed by atoms with Gasteiger partial charge in [0.2, 0.25) is 0 Å². The number of hydrogen-bond donors (Lipinski definition) is 1. The standard InChI is InChI=1S/C13H15N3O4/c1-2-15(8-7-13(17)18)12(9-14)10-5-3-4-6-11(10)16(19)20/h3-6,12H,2,7-8H2,1H3,(H,17,18). The average Bonchev–Trinajstić information content (AvgIpc) is 2.43. The number of nitriles is 1. The second-order valence-corrected chi connectivity index (χ2v) is 4.12. The van der Waals surface area contributed by atoms with Crippen molar-refractivity contribution in [2.24, 2.45) is 0 Å². The first-order valence-corrected chi connectivity index (χ1v) is 6.10. The summed E-state index contributed by atoms with van der Waals surface area (Å²) in [6, 6.07) is 7.20. The Balaban J connectivity index is 3.08. The number of carbonyl (C=O) groups is 1. The summed E-state index contributed by atoms with van der Waals surface area (Å²) in [6.45, 7) is 2.37. The molecular formula is C13H15N3O4. The highest BCUT2D eigenvalue weighted by Crippen LogP contribution is 2.28. The average molecular weight is 277 g/mol. The lowest BCUT2D eigenvalue weighted by molar-refractivity contribution is -0.385. The van der Waals surface area contributed by atoms with Gasteiger partial charge in [-0.15, -0.1) is 0 Å². The SMILES string of the molecule is CCN(CCC(=O)O)C(C#N)c1ccccc1[N+](=O)[O-]. The predicted octanol–water partition coefficient (Wildman–Crippen LogP) is 1.96. The first-order valence-electron chi connectivity index (χ1n) is 6.10. The Bertz CT molecular complexity index is 539. The zero-order chi connectivity index (χ0) is 15.1. The molecule has 1 aromatic carbocycles. The van der Waals surface area contributed by atoms with E-state index in [1.54, 1.807) is 17.9 Å². The summed E-state index contributed by atoms with van der Waals surface area (Å²) in [4.78, 5) is 22.7. The molecule has 0 fully saturated rings. The molecule has 1 rings (SSSR count). The van der Waals surface area contributed by atoms with E-state index in [9.17, 15) is 20.2 Å². The fraction of sp³-hybridized carbons (Fsp3) is 0.385. The number of benzene rings is 1. The molecule has 0 spiro atoms. The number of carboxylic acid groups (broad SMARTS) is 1. The molecule has 0 aliphatic heterocycles. The largest absolute Gasteiger partial charge is 0.481 e. The molecule has 1 atom stereocenters. The smallest absolute Gasteiger partial charge is 0.304 e. The maximum Gasteiger partial charge on any atom is 0.304 e. The molecule has 0 radical (unpaired) electrons. The summed E-state index contributed by atoms with van der Waals surface area (Å²) in [6.07, 6.45) is -0.118. The zero-order valence-corrected chi connectivity index (χ0v) is 11.0. The molecule has 0 bridgehead atoms. The number of rotatable bonds is 7. The number of carboxylic acids is 1. The number of nitro groups is 1. The third-order valence-electron chi connectivity index (χ3n) is 2.93. The van der Waals surface area contributed by atoms with Gasteiger partial charge in [-0.25, -0.2) is 0 Å². The van der Waals surface area contributed by atoms with E-state index in [2.05, 4.69) is 0 Å². The van der Waals surface area contributed by atoms with Crippen LogP contribution in [0.1, 0.15) is 24.9 Å². The summed E-state index contributed by atoms with van der Waals surface area (Å²) in [5, 5.41) is 29.0. The van der Waals surface area contributed by atoms with Crippen LogP contribution in [-0.2, 0) is 4.79 Å². The van der Waals surface area contributed by atoms with E-state index in [-0.39, 0.29) is 24.2 Å². The summed E-state index contributed by atoms with van der Waals surface area (Å²) < 4.78 is 0. The summed E-state index contributed by atoms with van der Waals surface area (Å²) in [5.41, 5.74) is 0.153. The summed E-state index contributed by atoms with van der Waals surface area (Å²) in [7, 11) is 0. The van der Waals surface area contributed by atoms with Crippen molar-refractivity contribution in [3.8, 4) is 6.07 Å². The third kappa shape index (κ3) is 3.76. The van der Waals surface area contributed by atoms with Gasteiger partial charge in [0.25, 0.3) is 5.69 Å². The monoisotopic (exact) mass is 277 g/mol. The van der Waals surface area contributed by atoms with Crippen LogP contribution < -0.4 is 0 Å². The summed E-state index contributed by atoms with van der Waals surface area (Å²) >= 11 is 0. The molecule has 0 aliphatic rings. The normalized spacial score (nSPS) is 11.8. The highest BCUT2D eigenvalue weighted by atomic mass is 16.6. The van der Waals surface area contributed by atoms with Gasteiger partial charge in [0.05, 0.1) is 23.0 Å². The van der Waals surface area contributed by atoms with E-state index < -0.39 is 16.9 Å². The fourth-order valence-electron chi connectivity index (χ4n) is 1.94. The van der Waals surface area contributed by atoms with Crippen molar-refractivity contribution in [3.05, 3.63) is 39.9 Å². The summed E-state index contributed by atoms with van der Waals surface area (Å²) in [5.74, 6) is -0.970. The molecule has 7 heteroatoms. The van der Waals surface area contributed by atoms with E-state index in [0.29, 0.717) is 6.54 Å². The maximum absolute atomic E-state index is 11.0. The Morgan fingerprint density at radius 2 is 2.20 bits per heavy atom. The molecule has 106 valence electrons. The van der Waals surface area contributed by atoms with Gasteiger partial charge in [-0.1, -0.05) is 19.1 Å². The van der Waals surface area contributed by atoms with Crippen LogP contribution >= 0.6 is 0 Å². The molecule has 0 aliphatic carbocycles. The molecular weight excluding hydrogens is 262 g/mol. The highest BCUT2D eigenvalue weighted by molar-refractivity contribution is 5.66. The van der Waals surface area contributed by atoms with Crippen LogP contribution in [0.25, 0.3) is 0 Å². The van der Waals surface area contributed by atoms with Crippen LogP contribution in [0, 0.1) is 21.4 Å². The Morgan fingerprint density at radius 3 is 2.70 bits per heavy atom. The molecule has 0 aromatic heterocycles. The number of nitrogens with zero attached hydrogens (tertiary/aromatic N) is 3. The van der Waals surface area contributed by atoms with Crippen LogP contribution in [0.3, 0.4) is 0 Å². The van der Waals surface area contributed by atoms with Crippen LogP contribution in [-0.4, -0.2) is 34.0 Å². The van der Waals surface area contributed by atoms with E-state index >= 15 is 0 Å². The van der Waals surface area contributed by atoms with Gasteiger partial charge in [0, 0.05) is 12.6 Å². The van der Waals surface area contributed by atoms with Crippen molar-refractivity contribution in [1.29, 1.82) is 5.26 Å². The molecule has 1 N–H and O–H groups in total. The molecule has 0 heterocycles. The lowest BCUT2D eigenvalue weighted by Crippen LogP contribution is -2.30. The molecule has 20 heavy (non-hydrogen) atoms. The van der Waals surface area contributed by atoms with Crippen molar-refractivity contribution < 1.29 is 14.8 Å². The molecule has 7 nitrogen and oxygen atoms in total. The number of aliphatic carboxylic acids is 1. The van der Waals surface area contributed by atoms with Crippen LogP contribution in [0.2, 0.25) is 0 Å². The maximum atomic E-state index is 11.0. The second kappa shape index (κ2) is 7.21. The molecule has 0 amide bonds. The lowest BCUT2D eigenvalue weighted by atomic mass is 10.0. The van der Waals surface area contributed by atoms with E-state index in [0.717, 1.165) is 0 Å². The van der Waals surface area contributed by atoms with Crippen molar-refractivity contribution in [2.75, 3.05) is 13.1 Å². The van der Waals surface area contributed by atoms with Gasteiger partial charge in [-0.2, -0.15) is 5.26 Å². The van der Waals surface area contributed by atoms with E-state index in [4.69, 9.17) is 5.11 Å². The van der Waals surface area contributed by atoms with Crippen molar-refractivity contribution in [3.63, 3.8) is 0 Å². The van der Waals surface area contributed by atoms with Crippen molar-refractivity contribution in [2.45, 2.75) is 19.4 Å². The number of hydrogen-bond acceptors (Lipinski definition) is 5. The van der Waals surface area contributed by atoms with Gasteiger partial charge >= 0.3 is 5.97 Å². The van der Waals surface area contributed by atoms with Crippen LogP contribution in [0.15, 0.2) is 24.3 Å². The molecule has 1 aromatic rings. The van der Waals surface area contributed by atoms with Gasteiger partial charge < -0.3 is 5.11 Å². The van der Waals surface area contributed by atoms with Crippen LogP contribution in [0.5, 0.6) is 0 Å². The first-order chi connectivity index (χ1) is 9.51. The minimum atomic E-state index is -0.970. The zero-order valence-electron chi connectivity index (χ0n) is 11.0. The first kappa shape index (κ1) is 15.6. The number of para-hydroxylation sites is 1. The van der Waals surface area contributed by atoms with E-state index in [1.165, 1.54) is 18.2 Å². The Kier molecular flexibility index (Phi) is 5.62. The third-order valence-corrected chi connectivity index (χ3v) is 2.93. The Hall–Kier alpha value is -2.46. The Labute approximate surface area is 116 Å². The molecule has 0 saturated heterocycles. The minimum absolute atomic E-state index is 0.118. The fourth-order valence-corrected chi connectivity index (χ4v) is 1.94. The van der Waals surface area contributed by atoms with Crippen molar-refractivity contribution >= 4 is 11.7 Å². The van der Waals surface area contributed by atoms with Gasteiger partial charge in [-0.3, -0.25) is 19.8 Å². The lowest BCUT2D eigenvalue weighted by Gasteiger charge is -2.24. The molecule has 1 unspecified atom stereocenters. The number of nitro benzene ring substituents is 1. The minimum Gasteiger partial charge on any atom is -0.481 e. The van der Waals surface area contributed by atoms with Gasteiger partial charge in [0.1, 0.15) is 6.04 Å². The highest BCUT2D eigenvalue weighted by Gasteiger charge is 2.26. The second-order valence-electron chi connectivity index (χ2n) is 4.12. The van der Waals surface area contributed by atoms with E-state index in [1.807, 2.05) is 6.07 Å². The molecule has 0 saturated carbocycles. The van der Waals surface area contributed by atoms with Gasteiger partial charge in [-0.05, 0) is 12.6 Å². The topological polar surface area (TPSA) is 107 Å². The predicted molar refractivity (Wildman–Crippen MR) is 71.0 cm³/mol.